The van der Waals surface area contributed by atoms with Gasteiger partial charge in [-0.25, -0.2) is 4.21 Å². The van der Waals surface area contributed by atoms with E-state index in [0.717, 1.165) is 25.1 Å². The minimum atomic E-state index is -0.763. The Kier molecular flexibility index (Phi) is 2.02. The summed E-state index contributed by atoms with van der Waals surface area (Å²) in [5, 5.41) is 0. The fourth-order valence-electron chi connectivity index (χ4n) is 0.745. The highest BCUT2D eigenvalue weighted by Crippen LogP contribution is 2.06. The number of nitrogens with zero attached hydrogens (tertiary/aromatic N) is 1. The number of hydrogen-bond acceptors (Lipinski definition) is 1. The summed E-state index contributed by atoms with van der Waals surface area (Å²) in [6.45, 7) is 0.895. The van der Waals surface area contributed by atoms with Crippen molar-refractivity contribution in [3.8, 4) is 0 Å². The van der Waals surface area contributed by atoms with E-state index in [4.69, 9.17) is 0 Å². The van der Waals surface area contributed by atoms with Crippen LogP contribution in [0.3, 0.4) is 0 Å². The summed E-state index contributed by atoms with van der Waals surface area (Å²) >= 11 is 0. The average Bonchev–Trinajstić information content (AvgIpc) is 1.77. The molecule has 0 aromatic heterocycles. The summed E-state index contributed by atoms with van der Waals surface area (Å²) in [7, 11) is 2.85. The second-order valence-corrected chi connectivity index (χ2v) is 3.51. The minimum absolute atomic E-state index is 0.763. The highest BCUT2D eigenvalue weighted by molar-refractivity contribution is 7.82. The zero-order chi connectivity index (χ0) is 5.98. The molecule has 3 heteroatoms. The Labute approximate surface area is 52.5 Å². The third-order valence-electron chi connectivity index (χ3n) is 1.26. The molecule has 0 bridgehead atoms. The van der Waals surface area contributed by atoms with Gasteiger partial charge in [0, 0.05) is 5.75 Å². The SMILES string of the molecule is [CH2-]N1CCCCS1=O. The molecule has 0 aliphatic carbocycles. The molecule has 0 aromatic carbocycles. The minimum Gasteiger partial charge on any atom is -0.378 e. The predicted octanol–water partition coefficient (Wildman–Crippen LogP) is 0.537. The van der Waals surface area contributed by atoms with E-state index in [-0.39, 0.29) is 0 Å². The Balaban J connectivity index is 2.39. The summed E-state index contributed by atoms with van der Waals surface area (Å²) in [5.41, 5.74) is 0. The van der Waals surface area contributed by atoms with Crippen LogP contribution in [-0.2, 0) is 11.0 Å². The van der Waals surface area contributed by atoms with E-state index < -0.39 is 11.0 Å². The first kappa shape index (κ1) is 6.23. The molecule has 0 spiro atoms. The fourth-order valence-corrected chi connectivity index (χ4v) is 1.79. The van der Waals surface area contributed by atoms with Gasteiger partial charge >= 0.3 is 0 Å². The van der Waals surface area contributed by atoms with Gasteiger partial charge in [-0.15, -0.1) is 0 Å². The lowest BCUT2D eigenvalue weighted by Gasteiger charge is -2.27. The lowest BCUT2D eigenvalue weighted by Crippen LogP contribution is -2.27. The molecule has 1 aliphatic heterocycles. The summed E-state index contributed by atoms with van der Waals surface area (Å²) in [6, 6.07) is 0. The largest absolute Gasteiger partial charge is 0.378 e. The second-order valence-electron chi connectivity index (χ2n) is 1.94. The van der Waals surface area contributed by atoms with Gasteiger partial charge in [0.1, 0.15) is 0 Å². The van der Waals surface area contributed by atoms with E-state index in [9.17, 15) is 4.21 Å². The van der Waals surface area contributed by atoms with Crippen molar-refractivity contribution in [1.82, 2.24) is 4.31 Å². The Morgan fingerprint density at radius 1 is 1.50 bits per heavy atom. The molecule has 8 heavy (non-hydrogen) atoms. The van der Waals surface area contributed by atoms with Crippen molar-refractivity contribution >= 4 is 11.0 Å². The van der Waals surface area contributed by atoms with Gasteiger partial charge in [0.05, 0.1) is 11.0 Å². The van der Waals surface area contributed by atoms with Gasteiger partial charge in [-0.1, -0.05) is 0 Å². The topological polar surface area (TPSA) is 20.3 Å². The summed E-state index contributed by atoms with van der Waals surface area (Å²) in [4.78, 5) is 0. The van der Waals surface area contributed by atoms with E-state index in [0.29, 0.717) is 0 Å². The molecule has 0 amide bonds. The Morgan fingerprint density at radius 2 is 2.25 bits per heavy atom. The average molecular weight is 132 g/mol. The van der Waals surface area contributed by atoms with Crippen LogP contribution in [0, 0.1) is 7.05 Å². The molecule has 0 radical (unpaired) electrons. The van der Waals surface area contributed by atoms with Crippen LogP contribution in [0.4, 0.5) is 0 Å². The van der Waals surface area contributed by atoms with Crippen molar-refractivity contribution in [1.29, 1.82) is 0 Å². The van der Waals surface area contributed by atoms with Crippen molar-refractivity contribution in [3.05, 3.63) is 7.05 Å². The van der Waals surface area contributed by atoms with Crippen LogP contribution in [0.5, 0.6) is 0 Å². The van der Waals surface area contributed by atoms with Gasteiger partial charge < -0.3 is 4.31 Å². The lowest BCUT2D eigenvalue weighted by molar-refractivity contribution is 0.509. The summed E-state index contributed by atoms with van der Waals surface area (Å²) in [5.74, 6) is 0.809. The van der Waals surface area contributed by atoms with Gasteiger partial charge in [0.15, 0.2) is 0 Å². The molecule has 0 saturated carbocycles. The Hall–Kier alpha value is 0.110. The highest BCUT2D eigenvalue weighted by Gasteiger charge is 2.06. The highest BCUT2D eigenvalue weighted by atomic mass is 32.2. The molecular weight excluding hydrogens is 122 g/mol. The normalized spacial score (nSPS) is 32.9. The van der Waals surface area contributed by atoms with E-state index >= 15 is 0 Å². The number of rotatable bonds is 0. The first-order chi connectivity index (χ1) is 3.80. The molecule has 1 heterocycles. The first-order valence-corrected chi connectivity index (χ1v) is 4.05. The molecule has 1 aliphatic rings. The maximum Gasteiger partial charge on any atom is 0.0643 e. The maximum absolute atomic E-state index is 10.8. The Morgan fingerprint density at radius 3 is 2.62 bits per heavy atom. The van der Waals surface area contributed by atoms with E-state index in [1.807, 2.05) is 0 Å². The zero-order valence-corrected chi connectivity index (χ0v) is 5.62. The van der Waals surface area contributed by atoms with Crippen molar-refractivity contribution in [3.63, 3.8) is 0 Å². The van der Waals surface area contributed by atoms with Crippen molar-refractivity contribution in [2.45, 2.75) is 12.8 Å². The maximum atomic E-state index is 10.8. The van der Waals surface area contributed by atoms with Crippen LogP contribution in [-0.4, -0.2) is 20.8 Å². The molecule has 1 fully saturated rings. The van der Waals surface area contributed by atoms with Gasteiger partial charge in [0.25, 0.3) is 0 Å². The van der Waals surface area contributed by atoms with Gasteiger partial charge in [-0.3, -0.25) is 7.05 Å². The van der Waals surface area contributed by atoms with Crippen molar-refractivity contribution in [2.24, 2.45) is 0 Å². The predicted molar refractivity (Wildman–Crippen MR) is 34.3 cm³/mol. The lowest BCUT2D eigenvalue weighted by atomic mass is 10.3. The standard InChI is InChI=1S/C5H10NOS/c1-6-4-2-3-5-8(6)7/h1-5H2/q-1. The third-order valence-corrected chi connectivity index (χ3v) is 2.66. The Bertz CT molecular complexity index is 105. The smallest absolute Gasteiger partial charge is 0.0643 e. The van der Waals surface area contributed by atoms with Crippen LogP contribution in [0.25, 0.3) is 0 Å². The third kappa shape index (κ3) is 1.29. The molecule has 1 unspecified atom stereocenters. The summed E-state index contributed by atoms with van der Waals surface area (Å²) < 4.78 is 12.4. The molecule has 2 nitrogen and oxygen atoms in total. The number of hydrogen-bond donors (Lipinski definition) is 0. The molecule has 0 aromatic rings. The van der Waals surface area contributed by atoms with Crippen LogP contribution < -0.4 is 0 Å². The van der Waals surface area contributed by atoms with Gasteiger partial charge in [-0.05, 0) is 19.4 Å². The molecule has 1 rings (SSSR count). The molecule has 0 N–H and O–H groups in total. The van der Waals surface area contributed by atoms with Gasteiger partial charge in [-0.2, -0.15) is 0 Å². The van der Waals surface area contributed by atoms with Gasteiger partial charge in [0.2, 0.25) is 0 Å². The van der Waals surface area contributed by atoms with Crippen LogP contribution >= 0.6 is 0 Å². The fraction of sp³-hybridized carbons (Fsp3) is 0.800. The summed E-state index contributed by atoms with van der Waals surface area (Å²) in [6.07, 6.45) is 2.24. The van der Waals surface area contributed by atoms with Crippen molar-refractivity contribution in [2.75, 3.05) is 12.3 Å². The molecule has 1 saturated heterocycles. The van der Waals surface area contributed by atoms with Crippen LogP contribution in [0.15, 0.2) is 0 Å². The second kappa shape index (κ2) is 2.60. The van der Waals surface area contributed by atoms with E-state index in [1.165, 1.54) is 0 Å². The van der Waals surface area contributed by atoms with Crippen LogP contribution in [0.2, 0.25) is 0 Å². The molecule has 48 valence electrons. The zero-order valence-electron chi connectivity index (χ0n) is 4.80. The molecule has 1 atom stereocenters. The van der Waals surface area contributed by atoms with Crippen molar-refractivity contribution < 1.29 is 4.21 Å². The van der Waals surface area contributed by atoms with Crippen LogP contribution in [0.1, 0.15) is 12.8 Å². The first-order valence-electron chi connectivity index (χ1n) is 2.77. The molecular formula is C5H10NOS-. The quantitative estimate of drug-likeness (QED) is 0.440. The van der Waals surface area contributed by atoms with E-state index in [2.05, 4.69) is 7.05 Å². The van der Waals surface area contributed by atoms with E-state index in [1.54, 1.807) is 4.31 Å². The monoisotopic (exact) mass is 132 g/mol.